The fourth-order valence-electron chi connectivity index (χ4n) is 3.22. The minimum absolute atomic E-state index is 0.250. The van der Waals surface area contributed by atoms with Gasteiger partial charge >= 0.3 is 12.3 Å². The zero-order chi connectivity index (χ0) is 19.6. The van der Waals surface area contributed by atoms with E-state index in [-0.39, 0.29) is 6.54 Å². The number of ether oxygens (including phenoxy) is 1. The van der Waals surface area contributed by atoms with Crippen LogP contribution in [0.3, 0.4) is 0 Å². The van der Waals surface area contributed by atoms with Gasteiger partial charge in [-0.2, -0.15) is 13.2 Å². The molecule has 8 heteroatoms. The smallest absolute Gasteiger partial charge is 0.416 e. The van der Waals surface area contributed by atoms with Gasteiger partial charge < -0.3 is 15.2 Å². The number of nitrogens with one attached hydrogen (secondary N) is 1. The number of carbonyl (C=O) groups is 1. The third-order valence-electron chi connectivity index (χ3n) is 4.60. The van der Waals surface area contributed by atoms with Gasteiger partial charge in [-0.1, -0.05) is 18.2 Å². The second-order valence-electron chi connectivity index (χ2n) is 6.40. The largest absolute Gasteiger partial charge is 0.497 e. The molecule has 0 saturated carbocycles. The van der Waals surface area contributed by atoms with Crippen molar-refractivity contribution in [1.82, 2.24) is 10.2 Å². The lowest BCUT2D eigenvalue weighted by molar-refractivity contribution is -0.137. The SMILES string of the molecule is COc1ccc(CC(NC(=O)O)N2Cc3ccc(C(F)(F)F)cc3C2)cc1. The highest BCUT2D eigenvalue weighted by Gasteiger charge is 2.33. The molecule has 1 atom stereocenters. The third-order valence-corrected chi connectivity index (χ3v) is 4.60. The van der Waals surface area contributed by atoms with E-state index in [0.717, 1.165) is 23.3 Å². The number of alkyl halides is 3. The number of carboxylic acid groups (broad SMARTS) is 1. The molecule has 144 valence electrons. The molecule has 0 saturated heterocycles. The Hall–Kier alpha value is -2.74. The zero-order valence-electron chi connectivity index (χ0n) is 14.6. The van der Waals surface area contributed by atoms with Crippen molar-refractivity contribution in [2.75, 3.05) is 7.11 Å². The predicted octanol–water partition coefficient (Wildman–Crippen LogP) is 3.87. The molecule has 0 radical (unpaired) electrons. The number of methoxy groups -OCH3 is 1. The normalized spacial score (nSPS) is 15.3. The molecule has 1 heterocycles. The third kappa shape index (κ3) is 4.51. The van der Waals surface area contributed by atoms with E-state index in [4.69, 9.17) is 9.84 Å². The molecule has 0 aliphatic carbocycles. The molecule has 3 rings (SSSR count). The molecular weight excluding hydrogens is 361 g/mol. The van der Waals surface area contributed by atoms with E-state index in [0.29, 0.717) is 24.3 Å². The van der Waals surface area contributed by atoms with Crippen molar-refractivity contribution in [1.29, 1.82) is 0 Å². The van der Waals surface area contributed by atoms with Crippen LogP contribution in [0.15, 0.2) is 42.5 Å². The number of amides is 1. The van der Waals surface area contributed by atoms with Gasteiger partial charge in [0.25, 0.3) is 0 Å². The quantitative estimate of drug-likeness (QED) is 0.827. The van der Waals surface area contributed by atoms with Gasteiger partial charge in [0.05, 0.1) is 18.8 Å². The van der Waals surface area contributed by atoms with E-state index in [1.165, 1.54) is 6.07 Å². The van der Waals surface area contributed by atoms with Crippen molar-refractivity contribution in [2.24, 2.45) is 0 Å². The Labute approximate surface area is 154 Å². The number of hydrogen-bond acceptors (Lipinski definition) is 3. The number of fused-ring (bicyclic) bond motifs is 1. The average molecular weight is 380 g/mol. The lowest BCUT2D eigenvalue weighted by Crippen LogP contribution is -2.46. The van der Waals surface area contributed by atoms with E-state index >= 15 is 0 Å². The Bertz CT molecular complexity index is 822. The molecule has 27 heavy (non-hydrogen) atoms. The summed E-state index contributed by atoms with van der Waals surface area (Å²) in [5.41, 5.74) is 1.54. The Morgan fingerprint density at radius 2 is 1.85 bits per heavy atom. The van der Waals surface area contributed by atoms with Crippen LogP contribution in [0.2, 0.25) is 0 Å². The minimum atomic E-state index is -4.40. The average Bonchev–Trinajstić information content (AvgIpc) is 3.04. The van der Waals surface area contributed by atoms with Gasteiger partial charge in [-0.15, -0.1) is 0 Å². The first-order valence-electron chi connectivity index (χ1n) is 8.31. The summed E-state index contributed by atoms with van der Waals surface area (Å²) in [6.45, 7) is 0.634. The van der Waals surface area contributed by atoms with Crippen LogP contribution in [0.5, 0.6) is 5.75 Å². The van der Waals surface area contributed by atoms with Crippen molar-refractivity contribution < 1.29 is 27.8 Å². The molecule has 0 bridgehead atoms. The maximum absolute atomic E-state index is 12.9. The molecular formula is C19H19F3N2O3. The fourth-order valence-corrected chi connectivity index (χ4v) is 3.22. The molecule has 0 fully saturated rings. The Morgan fingerprint density at radius 3 is 2.44 bits per heavy atom. The number of halogens is 3. The highest BCUT2D eigenvalue weighted by Crippen LogP contribution is 2.33. The number of benzene rings is 2. The van der Waals surface area contributed by atoms with Crippen LogP contribution in [-0.2, 0) is 25.7 Å². The van der Waals surface area contributed by atoms with E-state index in [1.54, 1.807) is 19.2 Å². The van der Waals surface area contributed by atoms with Crippen molar-refractivity contribution in [3.63, 3.8) is 0 Å². The molecule has 0 spiro atoms. The van der Waals surface area contributed by atoms with Gasteiger partial charge in [0, 0.05) is 19.5 Å². The summed E-state index contributed by atoms with van der Waals surface area (Å²) < 4.78 is 43.9. The summed E-state index contributed by atoms with van der Waals surface area (Å²) in [6.07, 6.45) is -5.75. The number of nitrogens with zero attached hydrogens (tertiary/aromatic N) is 1. The fraction of sp³-hybridized carbons (Fsp3) is 0.316. The van der Waals surface area contributed by atoms with Crippen LogP contribution in [-0.4, -0.2) is 29.4 Å². The second kappa shape index (κ2) is 7.48. The van der Waals surface area contributed by atoms with Crippen molar-refractivity contribution >= 4 is 6.09 Å². The molecule has 5 nitrogen and oxygen atoms in total. The van der Waals surface area contributed by atoms with Crippen molar-refractivity contribution in [2.45, 2.75) is 31.9 Å². The Kier molecular flexibility index (Phi) is 5.27. The summed E-state index contributed by atoms with van der Waals surface area (Å²) in [7, 11) is 1.56. The van der Waals surface area contributed by atoms with E-state index in [2.05, 4.69) is 5.32 Å². The molecule has 1 aliphatic rings. The highest BCUT2D eigenvalue weighted by molar-refractivity contribution is 5.64. The van der Waals surface area contributed by atoms with Gasteiger partial charge in [-0.25, -0.2) is 4.79 Å². The zero-order valence-corrected chi connectivity index (χ0v) is 14.6. The van der Waals surface area contributed by atoms with Crippen LogP contribution >= 0.6 is 0 Å². The molecule has 1 amide bonds. The molecule has 2 N–H and O–H groups in total. The lowest BCUT2D eigenvalue weighted by Gasteiger charge is -2.27. The Balaban J connectivity index is 1.78. The van der Waals surface area contributed by atoms with E-state index < -0.39 is 24.0 Å². The summed E-state index contributed by atoms with van der Waals surface area (Å²) >= 11 is 0. The molecule has 0 aromatic heterocycles. The van der Waals surface area contributed by atoms with Crippen LogP contribution < -0.4 is 10.1 Å². The molecule has 2 aromatic rings. The van der Waals surface area contributed by atoms with E-state index in [1.807, 2.05) is 17.0 Å². The molecule has 1 aliphatic heterocycles. The summed E-state index contributed by atoms with van der Waals surface area (Å²) in [5.74, 6) is 0.690. The van der Waals surface area contributed by atoms with Crippen LogP contribution in [0.25, 0.3) is 0 Å². The van der Waals surface area contributed by atoms with Gasteiger partial charge in [0.1, 0.15) is 5.75 Å². The minimum Gasteiger partial charge on any atom is -0.497 e. The summed E-state index contributed by atoms with van der Waals surface area (Å²) in [5, 5.41) is 11.6. The van der Waals surface area contributed by atoms with Crippen molar-refractivity contribution in [3.05, 3.63) is 64.7 Å². The summed E-state index contributed by atoms with van der Waals surface area (Å²) in [4.78, 5) is 13.0. The Morgan fingerprint density at radius 1 is 1.19 bits per heavy atom. The maximum Gasteiger partial charge on any atom is 0.416 e. The second-order valence-corrected chi connectivity index (χ2v) is 6.40. The highest BCUT2D eigenvalue weighted by atomic mass is 19.4. The van der Waals surface area contributed by atoms with Gasteiger partial charge in [0.2, 0.25) is 0 Å². The number of hydrogen-bond donors (Lipinski definition) is 2. The first-order valence-corrected chi connectivity index (χ1v) is 8.31. The topological polar surface area (TPSA) is 61.8 Å². The summed E-state index contributed by atoms with van der Waals surface area (Å²) in [6, 6.07) is 10.9. The van der Waals surface area contributed by atoms with Gasteiger partial charge in [-0.05, 0) is 41.0 Å². The van der Waals surface area contributed by atoms with Crippen LogP contribution in [0.4, 0.5) is 18.0 Å². The van der Waals surface area contributed by atoms with Crippen molar-refractivity contribution in [3.8, 4) is 5.75 Å². The first-order chi connectivity index (χ1) is 12.8. The standard InChI is InChI=1S/C19H19F3N2O3/c1-27-16-6-2-12(3-7-16)8-17(23-18(25)26)24-10-13-4-5-15(19(20,21)22)9-14(13)11-24/h2-7,9,17,23H,8,10-11H2,1H3,(H,25,26). The number of rotatable bonds is 5. The van der Waals surface area contributed by atoms with Gasteiger partial charge in [0.15, 0.2) is 0 Å². The maximum atomic E-state index is 12.9. The monoisotopic (exact) mass is 380 g/mol. The predicted molar refractivity (Wildman–Crippen MR) is 92.3 cm³/mol. The first kappa shape index (κ1) is 19.0. The van der Waals surface area contributed by atoms with Gasteiger partial charge in [-0.3, -0.25) is 4.90 Å². The molecule has 2 aromatic carbocycles. The van der Waals surface area contributed by atoms with E-state index in [9.17, 15) is 18.0 Å². The lowest BCUT2D eigenvalue weighted by atomic mass is 10.1. The van der Waals surface area contributed by atoms with Crippen LogP contribution in [0.1, 0.15) is 22.3 Å². The van der Waals surface area contributed by atoms with Crippen LogP contribution in [0, 0.1) is 0 Å². The molecule has 1 unspecified atom stereocenters.